The summed E-state index contributed by atoms with van der Waals surface area (Å²) in [5.74, 6) is -0.977. The average Bonchev–Trinajstić information content (AvgIpc) is 1.99. The molecule has 0 radical (unpaired) electrons. The number of halogens is 3. The Morgan fingerprint density at radius 3 is 2.33 bits per heavy atom. The zero-order valence-electron chi connectivity index (χ0n) is 7.02. The molecule has 0 aromatic rings. The Labute approximate surface area is 69.8 Å². The van der Waals surface area contributed by atoms with Gasteiger partial charge in [0.15, 0.2) is 12.3 Å². The summed E-state index contributed by atoms with van der Waals surface area (Å²) in [7, 11) is 0. The van der Waals surface area contributed by atoms with E-state index in [1.165, 1.54) is 0 Å². The van der Waals surface area contributed by atoms with Crippen molar-refractivity contribution in [1.29, 1.82) is 0 Å². The minimum atomic E-state index is -2.10. The van der Waals surface area contributed by atoms with Crippen molar-refractivity contribution in [1.82, 2.24) is 0 Å². The van der Waals surface area contributed by atoms with E-state index in [0.717, 1.165) is 12.2 Å². The van der Waals surface area contributed by atoms with Gasteiger partial charge in [0.2, 0.25) is 0 Å². The molecule has 1 aliphatic carbocycles. The second-order valence-corrected chi connectivity index (χ2v) is 3.20. The Hall–Kier alpha value is -0.730. The molecule has 0 saturated carbocycles. The summed E-state index contributed by atoms with van der Waals surface area (Å²) in [5.41, 5.74) is 0.522. The van der Waals surface area contributed by atoms with Gasteiger partial charge >= 0.3 is 0 Å². The molecule has 0 aromatic carbocycles. The van der Waals surface area contributed by atoms with Crippen LogP contribution in [-0.4, -0.2) is 12.3 Å². The van der Waals surface area contributed by atoms with Crippen LogP contribution >= 0.6 is 0 Å². The van der Waals surface area contributed by atoms with Crippen LogP contribution in [0.25, 0.3) is 0 Å². The van der Waals surface area contributed by atoms with Crippen LogP contribution in [0.4, 0.5) is 13.2 Å². The average molecular weight is 176 g/mol. The normalized spacial score (nSPS) is 30.2. The second kappa shape index (κ2) is 3.33. The lowest BCUT2D eigenvalue weighted by atomic mass is 9.95. The number of hydrogen-bond donors (Lipinski definition) is 0. The van der Waals surface area contributed by atoms with Gasteiger partial charge in [0.05, 0.1) is 0 Å². The van der Waals surface area contributed by atoms with Crippen molar-refractivity contribution in [2.75, 3.05) is 0 Å². The topological polar surface area (TPSA) is 0 Å². The van der Waals surface area contributed by atoms with Gasteiger partial charge in [0.25, 0.3) is 0 Å². The third-order valence-corrected chi connectivity index (χ3v) is 1.87. The molecule has 0 heterocycles. The predicted molar refractivity (Wildman–Crippen MR) is 41.9 cm³/mol. The van der Waals surface area contributed by atoms with Crippen LogP contribution in [0, 0.1) is 5.92 Å². The van der Waals surface area contributed by atoms with E-state index < -0.39 is 18.2 Å². The number of hydrogen-bond acceptors (Lipinski definition) is 0. The van der Waals surface area contributed by atoms with Crippen LogP contribution in [0.5, 0.6) is 0 Å². The smallest absolute Gasteiger partial charge is 0.186 e. The molecule has 0 N–H and O–H groups in total. The standard InChI is InChI=1S/C9H11F3/c1-5(2)6-3-7(10)9(12)8(11)4-6/h3-5,7,9H,1-2H3. The molecule has 0 nitrogen and oxygen atoms in total. The Morgan fingerprint density at radius 1 is 1.33 bits per heavy atom. The fourth-order valence-corrected chi connectivity index (χ4v) is 1.07. The minimum Gasteiger partial charge on any atom is -0.239 e. The third-order valence-electron chi connectivity index (χ3n) is 1.87. The lowest BCUT2D eigenvalue weighted by molar-refractivity contribution is 0.204. The minimum absolute atomic E-state index is 0.0292. The Bertz CT molecular complexity index is 228. The fourth-order valence-electron chi connectivity index (χ4n) is 1.07. The zero-order chi connectivity index (χ0) is 9.30. The Morgan fingerprint density at radius 2 is 1.92 bits per heavy atom. The largest absolute Gasteiger partial charge is 0.239 e. The molecule has 1 rings (SSSR count). The molecule has 12 heavy (non-hydrogen) atoms. The maximum Gasteiger partial charge on any atom is 0.186 e. The quantitative estimate of drug-likeness (QED) is 0.575. The molecule has 2 unspecified atom stereocenters. The van der Waals surface area contributed by atoms with Gasteiger partial charge in [-0.3, -0.25) is 0 Å². The highest BCUT2D eigenvalue weighted by atomic mass is 19.2. The lowest BCUT2D eigenvalue weighted by Gasteiger charge is -2.17. The van der Waals surface area contributed by atoms with E-state index in [1.807, 2.05) is 0 Å². The van der Waals surface area contributed by atoms with E-state index in [2.05, 4.69) is 0 Å². The lowest BCUT2D eigenvalue weighted by Crippen LogP contribution is -2.20. The summed E-state index contributed by atoms with van der Waals surface area (Å²) >= 11 is 0. The van der Waals surface area contributed by atoms with E-state index in [9.17, 15) is 13.2 Å². The van der Waals surface area contributed by atoms with Gasteiger partial charge in [0, 0.05) is 0 Å². The van der Waals surface area contributed by atoms with Crippen molar-refractivity contribution >= 4 is 0 Å². The van der Waals surface area contributed by atoms with Gasteiger partial charge in [-0.1, -0.05) is 13.8 Å². The van der Waals surface area contributed by atoms with Gasteiger partial charge in [0.1, 0.15) is 5.83 Å². The first-order valence-corrected chi connectivity index (χ1v) is 3.89. The van der Waals surface area contributed by atoms with Crippen LogP contribution in [0.1, 0.15) is 13.8 Å². The van der Waals surface area contributed by atoms with Gasteiger partial charge in [-0.05, 0) is 23.6 Å². The van der Waals surface area contributed by atoms with Gasteiger partial charge in [-0.25, -0.2) is 13.2 Å². The first kappa shape index (κ1) is 9.36. The van der Waals surface area contributed by atoms with E-state index in [-0.39, 0.29) is 5.92 Å². The SMILES string of the molecule is CC(C)C1=CC(F)C(F)C(F)=C1. The summed E-state index contributed by atoms with van der Waals surface area (Å²) in [4.78, 5) is 0. The van der Waals surface area contributed by atoms with E-state index in [0.29, 0.717) is 5.57 Å². The highest BCUT2D eigenvalue weighted by Crippen LogP contribution is 2.27. The van der Waals surface area contributed by atoms with E-state index in [4.69, 9.17) is 0 Å². The van der Waals surface area contributed by atoms with Crippen LogP contribution < -0.4 is 0 Å². The van der Waals surface area contributed by atoms with Crippen molar-refractivity contribution in [3.63, 3.8) is 0 Å². The van der Waals surface area contributed by atoms with Crippen molar-refractivity contribution in [3.8, 4) is 0 Å². The molecule has 1 aliphatic rings. The highest BCUT2D eigenvalue weighted by molar-refractivity contribution is 5.31. The fraction of sp³-hybridized carbons (Fsp3) is 0.556. The molecule has 0 amide bonds. The maximum absolute atomic E-state index is 12.7. The van der Waals surface area contributed by atoms with Crippen LogP contribution in [-0.2, 0) is 0 Å². The molecular formula is C9H11F3. The predicted octanol–water partition coefficient (Wildman–Crippen LogP) is 3.11. The van der Waals surface area contributed by atoms with Crippen molar-refractivity contribution in [2.24, 2.45) is 5.92 Å². The first-order chi connectivity index (χ1) is 5.52. The molecule has 0 saturated heterocycles. The van der Waals surface area contributed by atoms with Gasteiger partial charge < -0.3 is 0 Å². The number of alkyl halides is 2. The van der Waals surface area contributed by atoms with E-state index >= 15 is 0 Å². The van der Waals surface area contributed by atoms with Crippen LogP contribution in [0.15, 0.2) is 23.6 Å². The highest BCUT2D eigenvalue weighted by Gasteiger charge is 2.27. The summed E-state index contributed by atoms with van der Waals surface area (Å²) in [6, 6.07) is 0. The Balaban J connectivity index is 2.87. The van der Waals surface area contributed by atoms with Crippen molar-refractivity contribution in [3.05, 3.63) is 23.6 Å². The monoisotopic (exact) mass is 176 g/mol. The number of allylic oxidation sites excluding steroid dienone is 4. The zero-order valence-corrected chi connectivity index (χ0v) is 7.02. The summed E-state index contributed by atoms with van der Waals surface area (Å²) in [6.07, 6.45) is -1.72. The Kier molecular flexibility index (Phi) is 2.60. The van der Waals surface area contributed by atoms with Crippen molar-refractivity contribution in [2.45, 2.75) is 26.2 Å². The summed E-state index contributed by atoms with van der Waals surface area (Å²) in [6.45, 7) is 3.61. The second-order valence-electron chi connectivity index (χ2n) is 3.20. The molecule has 0 spiro atoms. The summed E-state index contributed by atoms with van der Waals surface area (Å²) in [5, 5.41) is 0. The van der Waals surface area contributed by atoms with Crippen LogP contribution in [0.3, 0.4) is 0 Å². The molecule has 0 aliphatic heterocycles. The first-order valence-electron chi connectivity index (χ1n) is 3.89. The number of rotatable bonds is 1. The molecule has 0 bridgehead atoms. The molecule has 0 aromatic heterocycles. The van der Waals surface area contributed by atoms with E-state index in [1.54, 1.807) is 13.8 Å². The molecular weight excluding hydrogens is 165 g/mol. The van der Waals surface area contributed by atoms with Crippen molar-refractivity contribution < 1.29 is 13.2 Å². The van der Waals surface area contributed by atoms with Crippen LogP contribution in [0.2, 0.25) is 0 Å². The summed E-state index contributed by atoms with van der Waals surface area (Å²) < 4.78 is 37.9. The molecule has 68 valence electrons. The van der Waals surface area contributed by atoms with Gasteiger partial charge in [-0.2, -0.15) is 0 Å². The molecule has 0 fully saturated rings. The third kappa shape index (κ3) is 1.71. The maximum atomic E-state index is 12.7. The molecule has 2 atom stereocenters. The molecule has 3 heteroatoms. The van der Waals surface area contributed by atoms with Gasteiger partial charge in [-0.15, -0.1) is 0 Å².